The maximum Gasteiger partial charge on any atom is 0.321 e. The van der Waals surface area contributed by atoms with E-state index in [2.05, 4.69) is 32.0 Å². The fourth-order valence-electron chi connectivity index (χ4n) is 3.47. The summed E-state index contributed by atoms with van der Waals surface area (Å²) >= 11 is 0. The molecular weight excluding hydrogens is 278 g/mol. The van der Waals surface area contributed by atoms with E-state index in [1.54, 1.807) is 9.80 Å². The fourth-order valence-corrected chi connectivity index (χ4v) is 3.47. The van der Waals surface area contributed by atoms with Gasteiger partial charge in [0.2, 0.25) is 5.91 Å². The van der Waals surface area contributed by atoms with Crippen LogP contribution in [0, 0.1) is 13.8 Å². The molecule has 2 aliphatic heterocycles. The minimum absolute atomic E-state index is 0.0165. The molecular formula is C17H23N3O2. The Bertz CT molecular complexity index is 628. The van der Waals surface area contributed by atoms with Crippen molar-refractivity contribution < 1.29 is 9.59 Å². The first-order valence-corrected chi connectivity index (χ1v) is 7.77. The van der Waals surface area contributed by atoms with Crippen LogP contribution in [0.5, 0.6) is 0 Å². The Balaban J connectivity index is 1.78. The van der Waals surface area contributed by atoms with Gasteiger partial charge >= 0.3 is 6.03 Å². The average molecular weight is 301 g/mol. The van der Waals surface area contributed by atoms with Crippen molar-refractivity contribution in [3.63, 3.8) is 0 Å². The number of carbonyl (C=O) groups excluding carboxylic acids is 2. The lowest BCUT2D eigenvalue weighted by Gasteiger charge is -2.38. The van der Waals surface area contributed by atoms with E-state index in [-0.39, 0.29) is 24.0 Å². The molecule has 0 N–H and O–H groups in total. The van der Waals surface area contributed by atoms with Gasteiger partial charge < -0.3 is 14.7 Å². The van der Waals surface area contributed by atoms with Gasteiger partial charge in [0.05, 0.1) is 6.04 Å². The highest BCUT2D eigenvalue weighted by Crippen LogP contribution is 2.26. The van der Waals surface area contributed by atoms with Crippen molar-refractivity contribution in [3.05, 3.63) is 34.9 Å². The van der Waals surface area contributed by atoms with Crippen molar-refractivity contribution in [2.24, 2.45) is 0 Å². The van der Waals surface area contributed by atoms with E-state index in [1.165, 1.54) is 11.1 Å². The van der Waals surface area contributed by atoms with Gasteiger partial charge in [-0.05, 0) is 37.5 Å². The van der Waals surface area contributed by atoms with Gasteiger partial charge in [0.1, 0.15) is 6.04 Å². The molecule has 22 heavy (non-hydrogen) atoms. The maximum absolute atomic E-state index is 12.6. The molecule has 3 amide bonds. The first-order chi connectivity index (χ1) is 10.4. The topological polar surface area (TPSA) is 43.9 Å². The quantitative estimate of drug-likeness (QED) is 0.835. The number of rotatable bonds is 2. The van der Waals surface area contributed by atoms with Gasteiger partial charge in [-0.1, -0.05) is 18.2 Å². The molecule has 2 heterocycles. The van der Waals surface area contributed by atoms with E-state index in [1.807, 2.05) is 18.9 Å². The fraction of sp³-hybridized carbons (Fsp3) is 0.529. The number of likely N-dealkylation sites (N-methyl/N-ethyl adjacent to an activating group) is 1. The molecule has 2 fully saturated rings. The number of amides is 3. The van der Waals surface area contributed by atoms with Gasteiger partial charge in [-0.25, -0.2) is 4.79 Å². The monoisotopic (exact) mass is 301 g/mol. The zero-order valence-electron chi connectivity index (χ0n) is 13.7. The molecule has 0 bridgehead atoms. The number of benzene rings is 1. The van der Waals surface area contributed by atoms with Crippen molar-refractivity contribution in [1.29, 1.82) is 0 Å². The van der Waals surface area contributed by atoms with E-state index in [0.29, 0.717) is 19.6 Å². The Labute approximate surface area is 131 Å². The van der Waals surface area contributed by atoms with Crippen molar-refractivity contribution in [2.45, 2.75) is 39.4 Å². The first-order valence-electron chi connectivity index (χ1n) is 7.77. The van der Waals surface area contributed by atoms with Gasteiger partial charge in [-0.2, -0.15) is 0 Å². The number of nitrogens with zero attached hydrogens (tertiary/aromatic N) is 3. The predicted octanol–water partition coefficient (Wildman–Crippen LogP) is 1.77. The Hall–Kier alpha value is -2.04. The zero-order chi connectivity index (χ0) is 16.0. The Morgan fingerprint density at radius 3 is 2.55 bits per heavy atom. The van der Waals surface area contributed by atoms with E-state index in [9.17, 15) is 9.59 Å². The van der Waals surface area contributed by atoms with Crippen LogP contribution >= 0.6 is 0 Å². The highest BCUT2D eigenvalue weighted by molar-refractivity contribution is 5.89. The summed E-state index contributed by atoms with van der Waals surface area (Å²) in [5, 5.41) is 0. The number of piperazine rings is 1. The number of urea groups is 1. The van der Waals surface area contributed by atoms with Crippen molar-refractivity contribution in [3.8, 4) is 0 Å². The molecule has 1 aromatic carbocycles. The molecule has 0 unspecified atom stereocenters. The van der Waals surface area contributed by atoms with E-state index in [0.717, 1.165) is 5.56 Å². The second-order valence-electron chi connectivity index (χ2n) is 6.54. The molecule has 1 aromatic rings. The second kappa shape index (κ2) is 5.30. The Morgan fingerprint density at radius 1 is 1.14 bits per heavy atom. The van der Waals surface area contributed by atoms with Crippen molar-refractivity contribution in [2.75, 3.05) is 20.1 Å². The molecule has 0 spiro atoms. The molecule has 3 rings (SSSR count). The van der Waals surface area contributed by atoms with Gasteiger partial charge in [-0.15, -0.1) is 0 Å². The minimum atomic E-state index is -0.360. The van der Waals surface area contributed by atoms with E-state index in [4.69, 9.17) is 0 Å². The number of carbonyl (C=O) groups is 2. The third-order valence-corrected chi connectivity index (χ3v) is 4.90. The highest BCUT2D eigenvalue weighted by Gasteiger charge is 2.46. The van der Waals surface area contributed by atoms with Gasteiger partial charge in [0, 0.05) is 26.7 Å². The largest absolute Gasteiger partial charge is 0.342 e. The number of hydrogen-bond acceptors (Lipinski definition) is 2. The molecule has 0 saturated carbocycles. The van der Waals surface area contributed by atoms with Gasteiger partial charge in [0.25, 0.3) is 0 Å². The van der Waals surface area contributed by atoms with Crippen LogP contribution < -0.4 is 0 Å². The lowest BCUT2D eigenvalue weighted by atomic mass is 10.1. The summed E-state index contributed by atoms with van der Waals surface area (Å²) < 4.78 is 0. The lowest BCUT2D eigenvalue weighted by molar-refractivity contribution is -0.139. The summed E-state index contributed by atoms with van der Waals surface area (Å²) in [6, 6.07) is 6.04. The molecule has 0 aromatic heterocycles. The van der Waals surface area contributed by atoms with Crippen LogP contribution in [0.1, 0.15) is 23.6 Å². The molecule has 2 atom stereocenters. The highest BCUT2D eigenvalue weighted by atomic mass is 16.2. The number of aryl methyl sites for hydroxylation is 2. The van der Waals surface area contributed by atoms with Crippen LogP contribution in [0.3, 0.4) is 0 Å². The lowest BCUT2D eigenvalue weighted by Crippen LogP contribution is -2.58. The molecule has 0 aliphatic carbocycles. The van der Waals surface area contributed by atoms with Crippen LogP contribution in [0.2, 0.25) is 0 Å². The normalized spacial score (nSPS) is 25.0. The summed E-state index contributed by atoms with van der Waals surface area (Å²) in [6.07, 6.45) is 0. The zero-order valence-corrected chi connectivity index (χ0v) is 13.7. The molecule has 2 saturated heterocycles. The standard InChI is InChI=1S/C17H23N3O2/c1-11-5-6-14(7-12(11)2)8-19-10-15-9-18(4)16(21)13(3)20(15)17(19)22/h5-7,13,15H,8-10H2,1-4H3/t13-,15+/m0/s1. The summed E-state index contributed by atoms with van der Waals surface area (Å²) in [5.74, 6) is 0.0256. The van der Waals surface area contributed by atoms with Crippen molar-refractivity contribution in [1.82, 2.24) is 14.7 Å². The van der Waals surface area contributed by atoms with E-state index < -0.39 is 0 Å². The third-order valence-electron chi connectivity index (χ3n) is 4.90. The summed E-state index contributed by atoms with van der Waals surface area (Å²) in [7, 11) is 1.81. The van der Waals surface area contributed by atoms with Crippen molar-refractivity contribution >= 4 is 11.9 Å². The van der Waals surface area contributed by atoms with Crippen LogP contribution in [0.15, 0.2) is 18.2 Å². The van der Waals surface area contributed by atoms with Gasteiger partial charge in [0.15, 0.2) is 0 Å². The van der Waals surface area contributed by atoms with E-state index >= 15 is 0 Å². The summed E-state index contributed by atoms with van der Waals surface area (Å²) in [6.45, 7) is 7.92. The van der Waals surface area contributed by atoms with Crippen LogP contribution in [0.4, 0.5) is 4.79 Å². The molecule has 5 nitrogen and oxygen atoms in total. The molecule has 5 heteroatoms. The van der Waals surface area contributed by atoms with Crippen LogP contribution in [-0.2, 0) is 11.3 Å². The molecule has 2 aliphatic rings. The summed E-state index contributed by atoms with van der Waals surface area (Å²) in [4.78, 5) is 30.1. The predicted molar refractivity (Wildman–Crippen MR) is 84.4 cm³/mol. The molecule has 0 radical (unpaired) electrons. The maximum atomic E-state index is 12.6. The number of hydrogen-bond donors (Lipinski definition) is 0. The second-order valence-corrected chi connectivity index (χ2v) is 6.54. The Morgan fingerprint density at radius 2 is 1.86 bits per heavy atom. The van der Waals surface area contributed by atoms with Gasteiger partial charge in [-0.3, -0.25) is 4.79 Å². The van der Waals surface area contributed by atoms with Crippen LogP contribution in [0.25, 0.3) is 0 Å². The average Bonchev–Trinajstić information content (AvgIpc) is 2.77. The van der Waals surface area contributed by atoms with Crippen LogP contribution in [-0.4, -0.2) is 58.9 Å². The SMILES string of the molecule is Cc1ccc(CN2C[C@H]3CN(C)C(=O)[C@H](C)N3C2=O)cc1C. The smallest absolute Gasteiger partial charge is 0.321 e. The summed E-state index contributed by atoms with van der Waals surface area (Å²) in [5.41, 5.74) is 3.64. The molecule has 118 valence electrons. The third kappa shape index (κ3) is 2.34. The Kier molecular flexibility index (Phi) is 3.59. The minimum Gasteiger partial charge on any atom is -0.342 e. The number of fused-ring (bicyclic) bond motifs is 1. The first kappa shape index (κ1) is 14.9.